The van der Waals surface area contributed by atoms with E-state index < -0.39 is 23.6 Å². The van der Waals surface area contributed by atoms with Gasteiger partial charge >= 0.3 is 11.9 Å². The molecule has 0 unspecified atom stereocenters. The van der Waals surface area contributed by atoms with Crippen LogP contribution >= 0.6 is 15.9 Å². The average molecular weight is 705 g/mol. The van der Waals surface area contributed by atoms with E-state index in [1.54, 1.807) is 50.5 Å². The normalized spacial score (nSPS) is 13.7. The number of nitrogens with zero attached hydrogens (tertiary/aromatic N) is 2. The van der Waals surface area contributed by atoms with Crippen molar-refractivity contribution in [3.05, 3.63) is 110 Å². The van der Waals surface area contributed by atoms with Gasteiger partial charge in [-0.05, 0) is 80.3 Å². The van der Waals surface area contributed by atoms with E-state index in [1.807, 2.05) is 31.2 Å². The third-order valence-corrected chi connectivity index (χ3v) is 8.24. The molecule has 47 heavy (non-hydrogen) atoms. The number of H-pyrrole nitrogens is 1. The van der Waals surface area contributed by atoms with Crippen molar-refractivity contribution in [1.82, 2.24) is 9.97 Å². The first-order chi connectivity index (χ1) is 22.6. The Morgan fingerprint density at radius 3 is 2.38 bits per heavy atom. The van der Waals surface area contributed by atoms with Gasteiger partial charge in [-0.3, -0.25) is 9.78 Å². The molecule has 0 saturated heterocycles. The van der Waals surface area contributed by atoms with Crippen LogP contribution in [0.5, 0.6) is 0 Å². The summed E-state index contributed by atoms with van der Waals surface area (Å²) in [7, 11) is 0. The van der Waals surface area contributed by atoms with Gasteiger partial charge in [0.1, 0.15) is 5.83 Å². The van der Waals surface area contributed by atoms with Crippen LogP contribution in [0.3, 0.4) is 0 Å². The predicted molar refractivity (Wildman–Crippen MR) is 179 cm³/mol. The van der Waals surface area contributed by atoms with Gasteiger partial charge in [0, 0.05) is 58.2 Å². The Morgan fingerprint density at radius 2 is 1.66 bits per heavy atom. The van der Waals surface area contributed by atoms with E-state index in [4.69, 9.17) is 9.47 Å². The highest BCUT2D eigenvalue weighted by atomic mass is 79.9. The number of rotatable bonds is 9. The first-order valence-electron chi connectivity index (χ1n) is 15.1. The molecule has 242 valence electrons. The molecule has 1 aliphatic carbocycles. The van der Waals surface area contributed by atoms with Crippen LogP contribution in [-0.4, -0.2) is 46.6 Å². The molecule has 0 spiro atoms. The maximum Gasteiger partial charge on any atom is 0.357 e. The summed E-state index contributed by atoms with van der Waals surface area (Å²) in [5.41, 5.74) is 5.63. The topological polar surface area (TPSA) is 111 Å². The quantitative estimate of drug-likeness (QED) is 0.178. The second-order valence-electron chi connectivity index (χ2n) is 10.9. The van der Waals surface area contributed by atoms with Crippen molar-refractivity contribution in [3.63, 3.8) is 0 Å². The van der Waals surface area contributed by atoms with E-state index in [2.05, 4.69) is 30.9 Å². The van der Waals surface area contributed by atoms with Gasteiger partial charge in [0.05, 0.1) is 30.2 Å². The number of halogens is 3. The van der Waals surface area contributed by atoms with E-state index in [0.717, 1.165) is 21.2 Å². The molecular weight excluding hydrogens is 672 g/mol. The number of carbonyl (C=O) groups excluding carboxylic acids is 3. The first kappa shape index (κ1) is 33.6. The largest absolute Gasteiger partial charge is 0.463 e. The van der Waals surface area contributed by atoms with E-state index in [1.165, 1.54) is 0 Å². The molecule has 4 aromatic rings. The van der Waals surface area contributed by atoms with Gasteiger partial charge in [0.15, 0.2) is 17.3 Å². The summed E-state index contributed by atoms with van der Waals surface area (Å²) in [5, 5.41) is 0.286. The van der Waals surface area contributed by atoms with Gasteiger partial charge in [-0.25, -0.2) is 23.4 Å². The van der Waals surface area contributed by atoms with E-state index in [9.17, 15) is 23.2 Å². The Balaban J connectivity index is 0.000000227. The van der Waals surface area contributed by atoms with E-state index >= 15 is 0 Å². The molecule has 8 nitrogen and oxygen atoms in total. The van der Waals surface area contributed by atoms with Gasteiger partial charge in [0.25, 0.3) is 0 Å². The molecule has 2 aliphatic rings. The number of ether oxygens (including phenoxy) is 2. The molecule has 0 atom stereocenters. The fourth-order valence-electron chi connectivity index (χ4n) is 5.40. The lowest BCUT2D eigenvalue weighted by Crippen LogP contribution is -2.12. The Kier molecular flexibility index (Phi) is 10.6. The number of Topliss-reactive ketones (excluding diaryl/α,β-unsaturated/α-hetero) is 1. The van der Waals surface area contributed by atoms with Crippen LogP contribution < -0.4 is 0 Å². The number of pyridine rings is 1. The summed E-state index contributed by atoms with van der Waals surface area (Å²) in [4.78, 5) is 47.4. The van der Waals surface area contributed by atoms with Gasteiger partial charge in [-0.2, -0.15) is 0 Å². The minimum atomic E-state index is -0.728. The Labute approximate surface area is 278 Å². The molecule has 2 aromatic heterocycles. The Bertz CT molecular complexity index is 1960. The molecule has 6 rings (SSSR count). The number of ketones is 1. The highest BCUT2D eigenvalue weighted by molar-refractivity contribution is 9.10. The number of benzene rings is 2. The summed E-state index contributed by atoms with van der Waals surface area (Å²) in [6, 6.07) is 14.3. The first-order valence-corrected chi connectivity index (χ1v) is 15.9. The highest BCUT2D eigenvalue weighted by Gasteiger charge is 2.28. The summed E-state index contributed by atoms with van der Waals surface area (Å²) in [5.74, 6) is -2.40. The van der Waals surface area contributed by atoms with Crippen molar-refractivity contribution >= 4 is 61.8 Å². The van der Waals surface area contributed by atoms with Crippen LogP contribution in [0, 0.1) is 5.82 Å². The summed E-state index contributed by atoms with van der Waals surface area (Å²) in [6.07, 6.45) is 5.21. The number of hydrogen-bond acceptors (Lipinski definition) is 7. The second kappa shape index (κ2) is 14.8. The number of aryl methyl sites for hydroxylation is 1. The lowest BCUT2D eigenvalue weighted by atomic mass is 10.0. The minimum absolute atomic E-state index is 0.00432. The summed E-state index contributed by atoms with van der Waals surface area (Å²) >= 11 is 3.27. The van der Waals surface area contributed by atoms with Gasteiger partial charge in [-0.1, -0.05) is 28.1 Å². The summed E-state index contributed by atoms with van der Waals surface area (Å²) in [6.45, 7) is 5.71. The molecule has 2 aromatic carbocycles. The average Bonchev–Trinajstić information content (AvgIpc) is 3.73. The number of aromatic nitrogens is 2. The fraction of sp³-hybridized carbons (Fsp3) is 0.250. The van der Waals surface area contributed by atoms with Crippen molar-refractivity contribution in [1.29, 1.82) is 0 Å². The van der Waals surface area contributed by atoms with Gasteiger partial charge < -0.3 is 14.5 Å². The standard InChI is InChI=1S/C24H22FN3O3.C12H10BrFO2/c1-3-31-24(30)23-21(25)17-13-16(5-6-18(17)27-23)22-14(2)12-19(28-22)20(29)7-4-15-8-10-26-11-9-15;1-2-16-12(15)10-5-7-3-4-8(13)6-9(7)11(10)14/h5-6,8-11,13,27H,3-4,7,12H2,1-2H3;3-4,6H,2,5H2,1H3. The number of allylic oxidation sites excluding steroid dienone is 1. The number of aliphatic imine (C=N–C) groups is 1. The van der Waals surface area contributed by atoms with Crippen molar-refractivity contribution in [2.45, 2.75) is 46.5 Å². The smallest absolute Gasteiger partial charge is 0.357 e. The number of hydrogen-bond donors (Lipinski definition) is 1. The number of esters is 2. The van der Waals surface area contributed by atoms with Crippen molar-refractivity contribution in [2.75, 3.05) is 13.2 Å². The second-order valence-corrected chi connectivity index (χ2v) is 11.8. The number of fused-ring (bicyclic) bond motifs is 2. The monoisotopic (exact) mass is 703 g/mol. The van der Waals surface area contributed by atoms with Crippen LogP contribution in [0.2, 0.25) is 0 Å². The Hall–Kier alpha value is -4.77. The summed E-state index contributed by atoms with van der Waals surface area (Å²) < 4.78 is 39.2. The highest BCUT2D eigenvalue weighted by Crippen LogP contribution is 2.36. The molecule has 1 aliphatic heterocycles. The number of carbonyl (C=O) groups is 3. The SMILES string of the molecule is CCOC(=O)C1=C(F)c2cc(Br)ccc2C1.CCOC(=O)c1[nH]c2ccc(C3=C(C)CC(C(=O)CCc4ccncc4)=N3)cc2c1F. The third kappa shape index (κ3) is 7.46. The Morgan fingerprint density at radius 1 is 0.936 bits per heavy atom. The molecule has 0 radical (unpaired) electrons. The van der Waals surface area contributed by atoms with Crippen molar-refractivity contribution in [2.24, 2.45) is 4.99 Å². The lowest BCUT2D eigenvalue weighted by molar-refractivity contribution is -0.138. The molecule has 3 heterocycles. The molecule has 0 bridgehead atoms. The van der Waals surface area contributed by atoms with Crippen LogP contribution in [0.4, 0.5) is 8.78 Å². The lowest BCUT2D eigenvalue weighted by Gasteiger charge is -2.02. The number of aromatic amines is 1. The van der Waals surface area contributed by atoms with Crippen LogP contribution in [0.1, 0.15) is 66.4 Å². The molecule has 1 N–H and O–H groups in total. The zero-order valence-corrected chi connectivity index (χ0v) is 27.7. The van der Waals surface area contributed by atoms with Crippen molar-refractivity contribution < 1.29 is 32.6 Å². The fourth-order valence-corrected chi connectivity index (χ4v) is 5.76. The molecule has 0 amide bonds. The zero-order chi connectivity index (χ0) is 33.7. The van der Waals surface area contributed by atoms with Crippen LogP contribution in [0.15, 0.2) is 81.5 Å². The van der Waals surface area contributed by atoms with Crippen LogP contribution in [0.25, 0.3) is 22.4 Å². The zero-order valence-electron chi connectivity index (χ0n) is 26.1. The van der Waals surface area contributed by atoms with Crippen molar-refractivity contribution in [3.8, 4) is 0 Å². The van der Waals surface area contributed by atoms with Crippen LogP contribution in [-0.2, 0) is 31.9 Å². The number of nitrogens with one attached hydrogen (secondary N) is 1. The van der Waals surface area contributed by atoms with E-state index in [-0.39, 0.29) is 35.7 Å². The van der Waals surface area contributed by atoms with Gasteiger partial charge in [0.2, 0.25) is 0 Å². The maximum atomic E-state index is 14.8. The van der Waals surface area contributed by atoms with E-state index in [0.29, 0.717) is 53.7 Å². The minimum Gasteiger partial charge on any atom is -0.463 e. The maximum absolute atomic E-state index is 14.8. The molecule has 0 saturated carbocycles. The molecule has 11 heteroatoms. The predicted octanol–water partition coefficient (Wildman–Crippen LogP) is 7.91. The third-order valence-electron chi connectivity index (χ3n) is 7.75. The molecule has 0 fully saturated rings. The van der Waals surface area contributed by atoms with Gasteiger partial charge in [-0.15, -0.1) is 0 Å². The molecular formula is C36H32BrF2N3O5.